The third-order valence-corrected chi connectivity index (χ3v) is 7.01. The second-order valence-corrected chi connectivity index (χ2v) is 8.87. The highest BCUT2D eigenvalue weighted by Crippen LogP contribution is 2.39. The summed E-state index contributed by atoms with van der Waals surface area (Å²) in [7, 11) is 0. The van der Waals surface area contributed by atoms with Gasteiger partial charge in [-0.05, 0) is 54.3 Å². The fraction of sp³-hybridized carbons (Fsp3) is 0.400. The number of alkyl halides is 3. The van der Waals surface area contributed by atoms with Crippen LogP contribution in [0.4, 0.5) is 18.9 Å². The molecule has 2 heterocycles. The van der Waals surface area contributed by atoms with Crippen LogP contribution in [-0.4, -0.2) is 18.1 Å². The molecule has 3 aromatic rings. The van der Waals surface area contributed by atoms with Crippen molar-refractivity contribution in [1.29, 1.82) is 0 Å². The first-order valence-electron chi connectivity index (χ1n) is 11.0. The van der Waals surface area contributed by atoms with Gasteiger partial charge in [-0.3, -0.25) is 4.79 Å². The van der Waals surface area contributed by atoms with Crippen molar-refractivity contribution in [1.82, 2.24) is 4.98 Å². The molecule has 1 saturated carbocycles. The summed E-state index contributed by atoms with van der Waals surface area (Å²) in [6.07, 6.45) is 1.94. The lowest BCUT2D eigenvalue weighted by Crippen LogP contribution is -2.41. The van der Waals surface area contributed by atoms with E-state index < -0.39 is 11.7 Å². The van der Waals surface area contributed by atoms with Crippen molar-refractivity contribution in [2.45, 2.75) is 38.3 Å². The van der Waals surface area contributed by atoms with Gasteiger partial charge in [0.2, 0.25) is 0 Å². The number of aromatic nitrogens is 1. The van der Waals surface area contributed by atoms with Crippen molar-refractivity contribution < 1.29 is 13.2 Å². The molecule has 3 nitrogen and oxygen atoms in total. The zero-order chi connectivity index (χ0) is 21.6. The van der Waals surface area contributed by atoms with Gasteiger partial charge >= 0.3 is 6.18 Å². The average molecular weight is 426 g/mol. The molecule has 0 spiro atoms. The predicted octanol–water partition coefficient (Wildman–Crippen LogP) is 6.23. The van der Waals surface area contributed by atoms with Crippen LogP contribution in [0.3, 0.4) is 0 Å². The quantitative estimate of drug-likeness (QED) is 0.527. The predicted molar refractivity (Wildman–Crippen MR) is 117 cm³/mol. The van der Waals surface area contributed by atoms with E-state index >= 15 is 0 Å². The van der Waals surface area contributed by atoms with Gasteiger partial charge in [-0.25, -0.2) is 0 Å². The summed E-state index contributed by atoms with van der Waals surface area (Å²) in [6.45, 7) is 2.01. The molecule has 0 bridgehead atoms. The van der Waals surface area contributed by atoms with E-state index in [1.807, 2.05) is 18.2 Å². The number of hydrogen-bond donors (Lipinski definition) is 1. The standard InChI is InChI=1S/C25H25F3N2O/c26-25(27,28)22-8-4-3-7-20(22)23-13-17-9-10-19(14-21(17)24(31)29-23)30-12-11-16-5-1-2-6-18(16)15-30/h3-4,7-10,13-14,16,18H,1-2,5-6,11-12,15H2,(H,29,31)/t16-,18-/m0/s1. The molecule has 1 N–H and O–H groups in total. The van der Waals surface area contributed by atoms with Crippen LogP contribution in [0.25, 0.3) is 22.0 Å². The number of nitrogens with one attached hydrogen (secondary N) is 1. The Balaban J connectivity index is 1.50. The Hall–Kier alpha value is -2.76. The largest absolute Gasteiger partial charge is 0.417 e. The summed E-state index contributed by atoms with van der Waals surface area (Å²) < 4.78 is 40.3. The molecule has 1 saturated heterocycles. The number of fused-ring (bicyclic) bond motifs is 2. The van der Waals surface area contributed by atoms with Crippen molar-refractivity contribution in [3.05, 3.63) is 64.4 Å². The number of piperidine rings is 1. The SMILES string of the molecule is O=c1[nH]c(-c2ccccc2C(F)(F)F)cc2ccc(N3CC[C@@H]4CCCC[C@H]4C3)cc12. The maximum Gasteiger partial charge on any atom is 0.417 e. The van der Waals surface area contributed by atoms with E-state index in [1.54, 1.807) is 12.1 Å². The Morgan fingerprint density at radius 3 is 2.52 bits per heavy atom. The number of nitrogens with zero attached hydrogens (tertiary/aromatic N) is 1. The van der Waals surface area contributed by atoms with Crippen molar-refractivity contribution in [3.8, 4) is 11.3 Å². The second-order valence-electron chi connectivity index (χ2n) is 8.87. The molecule has 1 aliphatic heterocycles. The van der Waals surface area contributed by atoms with Crippen molar-refractivity contribution in [2.24, 2.45) is 11.8 Å². The van der Waals surface area contributed by atoms with Gasteiger partial charge in [0.1, 0.15) is 0 Å². The number of benzene rings is 2. The van der Waals surface area contributed by atoms with E-state index in [4.69, 9.17) is 0 Å². The molecular weight excluding hydrogens is 401 g/mol. The lowest BCUT2D eigenvalue weighted by molar-refractivity contribution is -0.137. The maximum atomic E-state index is 13.4. The van der Waals surface area contributed by atoms with Gasteiger partial charge in [-0.2, -0.15) is 13.2 Å². The van der Waals surface area contributed by atoms with Crippen LogP contribution in [0, 0.1) is 11.8 Å². The molecular formula is C25H25F3N2O. The summed E-state index contributed by atoms with van der Waals surface area (Å²) in [4.78, 5) is 17.9. The Morgan fingerprint density at radius 2 is 1.71 bits per heavy atom. The van der Waals surface area contributed by atoms with Gasteiger partial charge in [0.15, 0.2) is 0 Å². The number of rotatable bonds is 2. The average Bonchev–Trinajstić information content (AvgIpc) is 2.78. The van der Waals surface area contributed by atoms with E-state index in [1.165, 1.54) is 44.2 Å². The summed E-state index contributed by atoms with van der Waals surface area (Å²) >= 11 is 0. The number of H-pyrrole nitrogens is 1. The fourth-order valence-corrected chi connectivity index (χ4v) is 5.39. The lowest BCUT2D eigenvalue weighted by Gasteiger charge is -2.42. The van der Waals surface area contributed by atoms with E-state index in [0.29, 0.717) is 10.8 Å². The highest BCUT2D eigenvalue weighted by Gasteiger charge is 2.34. The van der Waals surface area contributed by atoms with Crippen LogP contribution in [0.1, 0.15) is 37.7 Å². The Labute approximate surface area is 178 Å². The molecule has 2 aromatic carbocycles. The third-order valence-electron chi connectivity index (χ3n) is 7.01. The van der Waals surface area contributed by atoms with Crippen LogP contribution in [0.2, 0.25) is 0 Å². The molecule has 2 fully saturated rings. The summed E-state index contributed by atoms with van der Waals surface area (Å²) in [5.74, 6) is 1.54. The van der Waals surface area contributed by atoms with Crippen molar-refractivity contribution >= 4 is 16.5 Å². The molecule has 31 heavy (non-hydrogen) atoms. The molecule has 1 aromatic heterocycles. The van der Waals surface area contributed by atoms with Crippen LogP contribution >= 0.6 is 0 Å². The number of hydrogen-bond acceptors (Lipinski definition) is 2. The minimum atomic E-state index is -4.49. The molecule has 0 amide bonds. The smallest absolute Gasteiger partial charge is 0.371 e. The molecule has 0 unspecified atom stereocenters. The Morgan fingerprint density at radius 1 is 0.935 bits per heavy atom. The third kappa shape index (κ3) is 3.84. The maximum absolute atomic E-state index is 13.4. The van der Waals surface area contributed by atoms with Gasteiger partial charge in [-0.1, -0.05) is 43.5 Å². The summed E-state index contributed by atoms with van der Waals surface area (Å²) in [5, 5.41) is 1.16. The molecule has 0 radical (unpaired) electrons. The summed E-state index contributed by atoms with van der Waals surface area (Å²) in [6, 6.07) is 12.7. The number of aromatic amines is 1. The molecule has 5 rings (SSSR count). The minimum absolute atomic E-state index is 0.0163. The van der Waals surface area contributed by atoms with E-state index in [2.05, 4.69) is 9.88 Å². The monoisotopic (exact) mass is 426 g/mol. The number of anilines is 1. The normalized spacial score (nSPS) is 21.8. The fourth-order valence-electron chi connectivity index (χ4n) is 5.39. The van der Waals surface area contributed by atoms with E-state index in [-0.39, 0.29) is 16.8 Å². The van der Waals surface area contributed by atoms with E-state index in [0.717, 1.165) is 36.7 Å². The second kappa shape index (κ2) is 7.74. The Kier molecular flexibility index (Phi) is 5.03. The molecule has 6 heteroatoms. The van der Waals surface area contributed by atoms with Crippen molar-refractivity contribution in [2.75, 3.05) is 18.0 Å². The lowest BCUT2D eigenvalue weighted by atomic mass is 9.75. The highest BCUT2D eigenvalue weighted by molar-refractivity contribution is 5.88. The zero-order valence-corrected chi connectivity index (χ0v) is 17.2. The first-order valence-corrected chi connectivity index (χ1v) is 11.0. The molecule has 1 aliphatic carbocycles. The van der Waals surface area contributed by atoms with Gasteiger partial charge < -0.3 is 9.88 Å². The first-order chi connectivity index (χ1) is 14.9. The van der Waals surface area contributed by atoms with Crippen LogP contribution in [0.15, 0.2) is 53.3 Å². The molecule has 2 atom stereocenters. The molecule has 2 aliphatic rings. The van der Waals surface area contributed by atoms with Crippen LogP contribution in [-0.2, 0) is 6.18 Å². The van der Waals surface area contributed by atoms with Crippen LogP contribution < -0.4 is 10.5 Å². The van der Waals surface area contributed by atoms with Gasteiger partial charge in [0.05, 0.1) is 5.56 Å². The number of halogens is 3. The van der Waals surface area contributed by atoms with Crippen LogP contribution in [0.5, 0.6) is 0 Å². The topological polar surface area (TPSA) is 36.1 Å². The minimum Gasteiger partial charge on any atom is -0.371 e. The summed E-state index contributed by atoms with van der Waals surface area (Å²) in [5.41, 5.74) is 0.0694. The first kappa shape index (κ1) is 20.2. The number of pyridine rings is 1. The zero-order valence-electron chi connectivity index (χ0n) is 17.2. The van der Waals surface area contributed by atoms with Gasteiger partial charge in [0.25, 0.3) is 5.56 Å². The molecule has 162 valence electrons. The van der Waals surface area contributed by atoms with Gasteiger partial charge in [0, 0.05) is 35.4 Å². The Bertz CT molecular complexity index is 1170. The van der Waals surface area contributed by atoms with E-state index in [9.17, 15) is 18.0 Å². The van der Waals surface area contributed by atoms with Crippen molar-refractivity contribution in [3.63, 3.8) is 0 Å². The highest BCUT2D eigenvalue weighted by atomic mass is 19.4. The van der Waals surface area contributed by atoms with Gasteiger partial charge in [-0.15, -0.1) is 0 Å².